The van der Waals surface area contributed by atoms with Gasteiger partial charge in [0.15, 0.2) is 0 Å². The molecule has 0 fully saturated rings. The average Bonchev–Trinajstić information content (AvgIpc) is 3.00. The molecule has 0 bridgehead atoms. The largest absolute Gasteiger partial charge is 0.479 e. The molecule has 0 radical (unpaired) electrons. The Morgan fingerprint density at radius 2 is 1.36 bits per heavy atom. The molecule has 0 heterocycles. The van der Waals surface area contributed by atoms with Crippen LogP contribution in [0.5, 0.6) is 0 Å². The quantitative estimate of drug-likeness (QED) is 0.104. The Morgan fingerprint density at radius 1 is 0.787 bits per heavy atom. The Bertz CT molecular complexity index is 1140. The first-order chi connectivity index (χ1) is 21.8. The van der Waals surface area contributed by atoms with E-state index >= 15 is 0 Å². The van der Waals surface area contributed by atoms with Crippen molar-refractivity contribution in [3.63, 3.8) is 0 Å². The summed E-state index contributed by atoms with van der Waals surface area (Å²) < 4.78 is 0. The van der Waals surface area contributed by atoms with Gasteiger partial charge in [-0.05, 0) is 37.5 Å². The smallest absolute Gasteiger partial charge is 0.336 e. The fraction of sp³-hybridized carbons (Fsp3) is 0.719. The van der Waals surface area contributed by atoms with Crippen molar-refractivity contribution in [3.05, 3.63) is 12.2 Å². The van der Waals surface area contributed by atoms with Gasteiger partial charge in [0.05, 0.1) is 6.10 Å². The van der Waals surface area contributed by atoms with E-state index in [4.69, 9.17) is 0 Å². The van der Waals surface area contributed by atoms with Crippen LogP contribution in [0.2, 0.25) is 0 Å². The van der Waals surface area contributed by atoms with Crippen LogP contribution in [0.4, 0.5) is 4.79 Å². The summed E-state index contributed by atoms with van der Waals surface area (Å²) in [6, 6.07) is -6.85. The van der Waals surface area contributed by atoms with Crippen LogP contribution < -0.4 is 16.0 Å². The number of amides is 7. The van der Waals surface area contributed by atoms with E-state index in [9.17, 15) is 43.8 Å². The summed E-state index contributed by atoms with van der Waals surface area (Å²) in [4.78, 5) is 93.8. The van der Waals surface area contributed by atoms with Crippen molar-refractivity contribution in [2.24, 2.45) is 17.8 Å². The first-order valence-electron chi connectivity index (χ1n) is 16.0. The molecule has 0 aliphatic rings. The van der Waals surface area contributed by atoms with Gasteiger partial charge in [-0.25, -0.2) is 9.59 Å². The summed E-state index contributed by atoms with van der Waals surface area (Å²) in [5.41, 5.74) is 0. The van der Waals surface area contributed by atoms with Crippen LogP contribution in [0.15, 0.2) is 12.2 Å². The van der Waals surface area contributed by atoms with Gasteiger partial charge in [0.25, 0.3) is 11.8 Å². The molecule has 0 aromatic carbocycles. The summed E-state index contributed by atoms with van der Waals surface area (Å²) in [5, 5.41) is 28.2. The zero-order valence-electron chi connectivity index (χ0n) is 29.7. The van der Waals surface area contributed by atoms with Crippen molar-refractivity contribution in [2.75, 3.05) is 28.2 Å². The molecule has 0 rings (SSSR count). The first kappa shape index (κ1) is 43.0. The van der Waals surface area contributed by atoms with Crippen molar-refractivity contribution in [1.82, 2.24) is 30.7 Å². The van der Waals surface area contributed by atoms with Crippen molar-refractivity contribution in [1.29, 1.82) is 0 Å². The van der Waals surface area contributed by atoms with Crippen molar-refractivity contribution in [3.8, 4) is 0 Å². The number of carbonyl (C=O) groups is 7. The lowest BCUT2D eigenvalue weighted by molar-refractivity contribution is -0.160. The minimum atomic E-state index is -2.09. The molecule has 0 aliphatic heterocycles. The highest BCUT2D eigenvalue weighted by atomic mass is 16.4. The number of imide groups is 1. The second-order valence-corrected chi connectivity index (χ2v) is 12.3. The molecule has 0 aromatic rings. The summed E-state index contributed by atoms with van der Waals surface area (Å²) in [7, 11) is 5.00. The minimum Gasteiger partial charge on any atom is -0.479 e. The fourth-order valence-electron chi connectivity index (χ4n) is 5.03. The van der Waals surface area contributed by atoms with Crippen LogP contribution in [0, 0.1) is 17.8 Å². The third-order valence-corrected chi connectivity index (χ3v) is 8.22. The average molecular weight is 669 g/mol. The molecule has 0 spiro atoms. The summed E-state index contributed by atoms with van der Waals surface area (Å²) in [6.07, 6.45) is 3.22. The number of nitrogens with zero attached hydrogens (tertiary/aromatic N) is 3. The molecule has 0 saturated carbocycles. The number of carbonyl (C=O) groups excluding carboxylic acids is 6. The third-order valence-electron chi connectivity index (χ3n) is 8.22. The Morgan fingerprint density at radius 3 is 1.81 bits per heavy atom. The zero-order valence-corrected chi connectivity index (χ0v) is 29.7. The number of aliphatic hydroxyl groups is 1. The van der Waals surface area contributed by atoms with E-state index in [1.807, 2.05) is 26.8 Å². The van der Waals surface area contributed by atoms with Gasteiger partial charge in [-0.2, -0.15) is 0 Å². The van der Waals surface area contributed by atoms with Gasteiger partial charge in [0.1, 0.15) is 18.1 Å². The normalized spacial score (nSPS) is 15.8. The number of rotatable bonds is 18. The standard InChI is InChI=1S/C32H56N6O9/c1-12-15-16-20(7)26(40)24(36(9)22(39)17-18(4)5)28(42)34-21(14-3)29(43)38(11)25(31(45)46)30(44)37(10)23(19(6)13-2)27(41)35-32(47)33-8/h12,15,18-21,23-26,40H,13-14,16-17H2,1-11H3,(H,34,42)(H,45,46)(H2,33,35,41,47)/b15-12+/t19?,20-,21+,23+,24+,25?,26-/m1/s1. The molecule has 0 aromatic heterocycles. The van der Waals surface area contributed by atoms with E-state index in [1.165, 1.54) is 21.1 Å². The molecule has 7 amide bonds. The predicted octanol–water partition coefficient (Wildman–Crippen LogP) is 0.958. The number of likely N-dealkylation sites (N-methyl/N-ethyl adjacent to an activating group) is 3. The minimum absolute atomic E-state index is 0.0179. The van der Waals surface area contributed by atoms with Crippen molar-refractivity contribution < 1.29 is 43.8 Å². The van der Waals surface area contributed by atoms with Crippen LogP contribution in [0.3, 0.4) is 0 Å². The predicted molar refractivity (Wildman–Crippen MR) is 176 cm³/mol. The number of aliphatic hydroxyl groups excluding tert-OH is 1. The lowest BCUT2D eigenvalue weighted by atomic mass is 9.92. The van der Waals surface area contributed by atoms with Crippen molar-refractivity contribution in [2.45, 2.75) is 104 Å². The van der Waals surface area contributed by atoms with E-state index < -0.39 is 77.7 Å². The van der Waals surface area contributed by atoms with Crippen LogP contribution in [0.1, 0.15) is 74.1 Å². The van der Waals surface area contributed by atoms with E-state index in [1.54, 1.807) is 33.8 Å². The SMILES string of the molecule is C/C=C/C[C@@H](C)[C@@H](O)[C@@H](C(=O)N[C@@H](CC)C(=O)N(C)C(C(=O)O)C(=O)N(C)[C@H](C(=O)NC(=O)NC)C(C)CC)N(C)C(=O)CC(C)C. The molecular formula is C32H56N6O9. The first-order valence-corrected chi connectivity index (χ1v) is 16.0. The molecule has 47 heavy (non-hydrogen) atoms. The van der Waals surface area contributed by atoms with Gasteiger partial charge in [-0.3, -0.25) is 29.3 Å². The highest BCUT2D eigenvalue weighted by Gasteiger charge is 2.43. The summed E-state index contributed by atoms with van der Waals surface area (Å²) in [6.45, 7) is 12.2. The molecule has 15 heteroatoms. The number of allylic oxidation sites excluding steroid dienone is 2. The fourth-order valence-corrected chi connectivity index (χ4v) is 5.03. The maximum Gasteiger partial charge on any atom is 0.336 e. The second-order valence-electron chi connectivity index (χ2n) is 12.3. The molecule has 268 valence electrons. The molecular weight excluding hydrogens is 612 g/mol. The molecule has 2 unspecified atom stereocenters. The number of hydrogen-bond acceptors (Lipinski definition) is 8. The third kappa shape index (κ3) is 12.3. The van der Waals surface area contributed by atoms with Crippen LogP contribution in [-0.2, 0) is 28.8 Å². The topological polar surface area (TPSA) is 206 Å². The number of carboxylic acid groups (broad SMARTS) is 1. The number of carboxylic acids is 1. The van der Waals surface area contributed by atoms with E-state index in [2.05, 4.69) is 16.0 Å². The number of hydrogen-bond donors (Lipinski definition) is 5. The highest BCUT2D eigenvalue weighted by Crippen LogP contribution is 2.20. The summed E-state index contributed by atoms with van der Waals surface area (Å²) >= 11 is 0. The maximum atomic E-state index is 13.7. The van der Waals surface area contributed by atoms with Crippen LogP contribution >= 0.6 is 0 Å². The number of urea groups is 1. The number of nitrogens with one attached hydrogen (secondary N) is 3. The molecule has 5 N–H and O–H groups in total. The summed E-state index contributed by atoms with van der Waals surface area (Å²) in [5.74, 6) is -6.72. The Labute approximate surface area is 278 Å². The maximum absolute atomic E-state index is 13.7. The zero-order chi connectivity index (χ0) is 36.8. The van der Waals surface area contributed by atoms with Gasteiger partial charge >= 0.3 is 12.0 Å². The van der Waals surface area contributed by atoms with Crippen LogP contribution in [0.25, 0.3) is 0 Å². The van der Waals surface area contributed by atoms with E-state index in [-0.39, 0.29) is 24.7 Å². The molecule has 0 saturated heterocycles. The lowest BCUT2D eigenvalue weighted by Crippen LogP contribution is -2.62. The Kier molecular flexibility index (Phi) is 18.5. The van der Waals surface area contributed by atoms with Gasteiger partial charge in [0.2, 0.25) is 23.8 Å². The van der Waals surface area contributed by atoms with Crippen molar-refractivity contribution >= 4 is 41.5 Å². The molecule has 7 atom stereocenters. The van der Waals surface area contributed by atoms with Gasteiger partial charge in [0, 0.05) is 34.6 Å². The Hall–Kier alpha value is -4.01. The lowest BCUT2D eigenvalue weighted by Gasteiger charge is -2.37. The van der Waals surface area contributed by atoms with E-state index in [0.29, 0.717) is 17.7 Å². The Balaban J connectivity index is 6.42. The highest BCUT2D eigenvalue weighted by molar-refractivity contribution is 6.07. The monoisotopic (exact) mass is 668 g/mol. The second kappa shape index (κ2) is 20.3. The van der Waals surface area contributed by atoms with Gasteiger partial charge < -0.3 is 35.5 Å². The molecule has 0 aliphatic carbocycles. The van der Waals surface area contributed by atoms with Crippen LogP contribution in [-0.4, -0.2) is 125 Å². The molecule has 15 nitrogen and oxygen atoms in total. The van der Waals surface area contributed by atoms with Gasteiger partial charge in [-0.1, -0.05) is 60.1 Å². The number of aliphatic carboxylic acids is 1. The van der Waals surface area contributed by atoms with E-state index in [0.717, 1.165) is 16.8 Å². The van der Waals surface area contributed by atoms with Gasteiger partial charge in [-0.15, -0.1) is 0 Å².